The Labute approximate surface area is 85.0 Å². The van der Waals surface area contributed by atoms with Crippen molar-refractivity contribution in [1.82, 2.24) is 10.2 Å². The Bertz CT molecular complexity index is 336. The first kappa shape index (κ1) is 9.91. The molecule has 82 valence electrons. The van der Waals surface area contributed by atoms with Crippen LogP contribution in [0.5, 0.6) is 0 Å². The number of hydrogen-bond donors (Lipinski definition) is 2. The van der Waals surface area contributed by atoms with Crippen LogP contribution in [0, 0.1) is 0 Å². The lowest BCUT2D eigenvalue weighted by atomic mass is 9.98. The highest BCUT2D eigenvalue weighted by atomic mass is 16.5. The Morgan fingerprint density at radius 2 is 2.20 bits per heavy atom. The Morgan fingerprint density at radius 3 is 2.60 bits per heavy atom. The summed E-state index contributed by atoms with van der Waals surface area (Å²) in [5, 5.41) is 11.0. The highest BCUT2D eigenvalue weighted by molar-refractivity contribution is 6.07. The number of rotatable bonds is 3. The van der Waals surface area contributed by atoms with E-state index >= 15 is 0 Å². The van der Waals surface area contributed by atoms with Crippen molar-refractivity contribution in [2.75, 3.05) is 19.8 Å². The number of nitrogens with one attached hydrogen (secondary N) is 1. The lowest BCUT2D eigenvalue weighted by Gasteiger charge is -2.34. The first-order valence-corrected chi connectivity index (χ1v) is 4.49. The van der Waals surface area contributed by atoms with E-state index in [1.54, 1.807) is 0 Å². The molecule has 0 aromatic heterocycles. The van der Waals surface area contributed by atoms with Crippen LogP contribution in [-0.2, 0) is 14.3 Å². The predicted octanol–water partition coefficient (Wildman–Crippen LogP) is -1.22. The lowest BCUT2D eigenvalue weighted by molar-refractivity contribution is -0.148. The van der Waals surface area contributed by atoms with E-state index < -0.39 is 17.5 Å². The average Bonchev–Trinajstić information content (AvgIpc) is 2.35. The molecule has 0 atom stereocenters. The SMILES string of the molecule is O=C(O)CCN1C(=O)NC2(COC2)C1=O. The summed E-state index contributed by atoms with van der Waals surface area (Å²) in [6, 6.07) is -0.537. The smallest absolute Gasteiger partial charge is 0.325 e. The second-order valence-electron chi connectivity index (χ2n) is 3.61. The third-order valence-corrected chi connectivity index (χ3v) is 2.49. The van der Waals surface area contributed by atoms with Gasteiger partial charge in [0, 0.05) is 6.54 Å². The van der Waals surface area contributed by atoms with E-state index in [0.717, 1.165) is 4.90 Å². The van der Waals surface area contributed by atoms with Crippen molar-refractivity contribution >= 4 is 17.9 Å². The van der Waals surface area contributed by atoms with Gasteiger partial charge in [-0.3, -0.25) is 14.5 Å². The Balaban J connectivity index is 2.03. The Hall–Kier alpha value is -1.63. The van der Waals surface area contributed by atoms with Gasteiger partial charge in [-0.2, -0.15) is 0 Å². The molecular weight excluding hydrogens is 204 g/mol. The van der Waals surface area contributed by atoms with Gasteiger partial charge in [0.2, 0.25) is 0 Å². The highest BCUT2D eigenvalue weighted by Gasteiger charge is 2.56. The molecule has 7 heteroatoms. The topological polar surface area (TPSA) is 95.9 Å². The number of ether oxygens (including phenoxy) is 1. The number of carboxylic acids is 1. The largest absolute Gasteiger partial charge is 0.481 e. The van der Waals surface area contributed by atoms with Gasteiger partial charge in [0.15, 0.2) is 5.54 Å². The zero-order valence-corrected chi connectivity index (χ0v) is 7.86. The molecule has 2 N–H and O–H groups in total. The maximum Gasteiger partial charge on any atom is 0.325 e. The number of carboxylic acid groups (broad SMARTS) is 1. The molecule has 2 heterocycles. The first-order chi connectivity index (χ1) is 7.05. The third-order valence-electron chi connectivity index (χ3n) is 2.49. The summed E-state index contributed by atoms with van der Waals surface area (Å²) < 4.78 is 4.87. The molecule has 0 saturated carbocycles. The molecule has 2 rings (SSSR count). The van der Waals surface area contributed by atoms with Crippen LogP contribution in [0.25, 0.3) is 0 Å². The number of imide groups is 1. The van der Waals surface area contributed by atoms with Gasteiger partial charge in [-0.05, 0) is 0 Å². The maximum absolute atomic E-state index is 11.7. The molecule has 0 aliphatic carbocycles. The van der Waals surface area contributed by atoms with Gasteiger partial charge < -0.3 is 15.2 Å². The molecule has 15 heavy (non-hydrogen) atoms. The van der Waals surface area contributed by atoms with E-state index in [9.17, 15) is 14.4 Å². The fraction of sp³-hybridized carbons (Fsp3) is 0.625. The summed E-state index contributed by atoms with van der Waals surface area (Å²) in [5.74, 6) is -1.43. The average molecular weight is 214 g/mol. The van der Waals surface area contributed by atoms with E-state index in [0.29, 0.717) is 0 Å². The van der Waals surface area contributed by atoms with Crippen LogP contribution in [-0.4, -0.2) is 53.2 Å². The summed E-state index contributed by atoms with van der Waals surface area (Å²) in [6.45, 7) is 0.240. The van der Waals surface area contributed by atoms with Crippen molar-refractivity contribution in [3.05, 3.63) is 0 Å². The van der Waals surface area contributed by atoms with Gasteiger partial charge in [0.05, 0.1) is 19.6 Å². The number of aliphatic carboxylic acids is 1. The van der Waals surface area contributed by atoms with Crippen molar-refractivity contribution in [3.8, 4) is 0 Å². The molecule has 2 aliphatic heterocycles. The highest BCUT2D eigenvalue weighted by Crippen LogP contribution is 2.25. The van der Waals surface area contributed by atoms with Crippen LogP contribution >= 0.6 is 0 Å². The second-order valence-corrected chi connectivity index (χ2v) is 3.61. The van der Waals surface area contributed by atoms with Crippen LogP contribution in [0.15, 0.2) is 0 Å². The Morgan fingerprint density at radius 1 is 1.53 bits per heavy atom. The normalized spacial score (nSPS) is 22.8. The minimum absolute atomic E-state index is 0.0955. The number of nitrogens with zero attached hydrogens (tertiary/aromatic N) is 1. The molecule has 3 amide bonds. The monoisotopic (exact) mass is 214 g/mol. The third kappa shape index (κ3) is 1.44. The fourth-order valence-electron chi connectivity index (χ4n) is 1.59. The maximum atomic E-state index is 11.7. The van der Waals surface area contributed by atoms with Crippen molar-refractivity contribution in [2.45, 2.75) is 12.0 Å². The zero-order chi connectivity index (χ0) is 11.1. The number of carbonyl (C=O) groups is 3. The summed E-state index contributed by atoms with van der Waals surface area (Å²) >= 11 is 0. The van der Waals surface area contributed by atoms with Crippen LogP contribution in [0.4, 0.5) is 4.79 Å². The molecule has 0 aromatic carbocycles. The number of urea groups is 1. The van der Waals surface area contributed by atoms with Crippen LogP contribution in [0.2, 0.25) is 0 Å². The number of carbonyl (C=O) groups excluding carboxylic acids is 2. The van der Waals surface area contributed by atoms with E-state index in [-0.39, 0.29) is 32.1 Å². The van der Waals surface area contributed by atoms with Gasteiger partial charge in [0.25, 0.3) is 5.91 Å². The quantitative estimate of drug-likeness (QED) is 0.574. The molecule has 0 bridgehead atoms. The van der Waals surface area contributed by atoms with Crippen LogP contribution in [0.3, 0.4) is 0 Å². The molecular formula is C8H10N2O5. The predicted molar refractivity (Wildman–Crippen MR) is 46.0 cm³/mol. The van der Waals surface area contributed by atoms with Crippen molar-refractivity contribution in [2.24, 2.45) is 0 Å². The molecule has 7 nitrogen and oxygen atoms in total. The standard InChI is InChI=1S/C8H10N2O5/c11-5(12)1-2-10-6(13)8(3-15-4-8)9-7(10)14/h1-4H2,(H,9,14)(H,11,12). The molecule has 2 saturated heterocycles. The van der Waals surface area contributed by atoms with E-state index in [2.05, 4.69) is 5.32 Å². The first-order valence-electron chi connectivity index (χ1n) is 4.49. The van der Waals surface area contributed by atoms with Gasteiger partial charge in [-0.1, -0.05) is 0 Å². The van der Waals surface area contributed by atoms with Crippen molar-refractivity contribution in [3.63, 3.8) is 0 Å². The summed E-state index contributed by atoms with van der Waals surface area (Å²) in [4.78, 5) is 34.3. The van der Waals surface area contributed by atoms with Crippen molar-refractivity contribution in [1.29, 1.82) is 0 Å². The molecule has 2 fully saturated rings. The van der Waals surface area contributed by atoms with Crippen LogP contribution < -0.4 is 5.32 Å². The minimum Gasteiger partial charge on any atom is -0.481 e. The van der Waals surface area contributed by atoms with Crippen molar-refractivity contribution < 1.29 is 24.2 Å². The van der Waals surface area contributed by atoms with Gasteiger partial charge in [-0.15, -0.1) is 0 Å². The van der Waals surface area contributed by atoms with E-state index in [1.165, 1.54) is 0 Å². The summed E-state index contributed by atoms with van der Waals surface area (Å²) in [7, 11) is 0. The van der Waals surface area contributed by atoms with E-state index in [1.807, 2.05) is 0 Å². The number of amides is 3. The van der Waals surface area contributed by atoms with Gasteiger partial charge >= 0.3 is 12.0 Å². The second kappa shape index (κ2) is 3.20. The Kier molecular flexibility index (Phi) is 2.11. The summed E-state index contributed by atoms with van der Waals surface area (Å²) in [5.41, 5.74) is -0.921. The zero-order valence-electron chi connectivity index (χ0n) is 7.86. The van der Waals surface area contributed by atoms with Gasteiger partial charge in [0.1, 0.15) is 0 Å². The molecule has 0 radical (unpaired) electrons. The molecule has 0 aromatic rings. The molecule has 1 spiro atoms. The molecule has 2 aliphatic rings. The lowest BCUT2D eigenvalue weighted by Crippen LogP contribution is -2.62. The van der Waals surface area contributed by atoms with Crippen LogP contribution in [0.1, 0.15) is 6.42 Å². The van der Waals surface area contributed by atoms with E-state index in [4.69, 9.17) is 9.84 Å². The number of hydrogen-bond acceptors (Lipinski definition) is 4. The molecule has 0 unspecified atom stereocenters. The summed E-state index contributed by atoms with van der Waals surface area (Å²) in [6.07, 6.45) is -0.240. The fourth-order valence-corrected chi connectivity index (χ4v) is 1.59. The van der Waals surface area contributed by atoms with Gasteiger partial charge in [-0.25, -0.2) is 4.79 Å². The minimum atomic E-state index is -1.04.